The van der Waals surface area contributed by atoms with Crippen LogP contribution in [0, 0.1) is 6.92 Å². The summed E-state index contributed by atoms with van der Waals surface area (Å²) in [5.41, 5.74) is 8.41. The first kappa shape index (κ1) is 12.2. The molecule has 1 aromatic rings. The van der Waals surface area contributed by atoms with Gasteiger partial charge in [0.15, 0.2) is 0 Å². The Morgan fingerprint density at radius 2 is 2.13 bits per heavy atom. The molecule has 0 aliphatic rings. The number of unbranched alkanes of at least 4 members (excludes halogenated alkanes) is 3. The van der Waals surface area contributed by atoms with Crippen LogP contribution in [0.5, 0.6) is 0 Å². The van der Waals surface area contributed by atoms with E-state index in [4.69, 9.17) is 5.73 Å². The highest BCUT2D eigenvalue weighted by Crippen LogP contribution is 2.19. The lowest BCUT2D eigenvalue weighted by atomic mass is 10.00. The first-order valence-electron chi connectivity index (χ1n) is 5.92. The van der Waals surface area contributed by atoms with Crippen LogP contribution in [0.1, 0.15) is 56.3 Å². The van der Waals surface area contributed by atoms with Crippen LogP contribution >= 0.6 is 0 Å². The minimum Gasteiger partial charge on any atom is -0.324 e. The van der Waals surface area contributed by atoms with Crippen LogP contribution in [0.4, 0.5) is 0 Å². The van der Waals surface area contributed by atoms with E-state index >= 15 is 0 Å². The lowest BCUT2D eigenvalue weighted by Crippen LogP contribution is -2.12. The Morgan fingerprint density at radius 3 is 2.80 bits per heavy atom. The average molecular weight is 206 g/mol. The van der Waals surface area contributed by atoms with Crippen LogP contribution in [0.15, 0.2) is 18.3 Å². The van der Waals surface area contributed by atoms with Gasteiger partial charge in [-0.25, -0.2) is 0 Å². The molecule has 2 N–H and O–H groups in total. The molecular formula is C13H22N2. The summed E-state index contributed by atoms with van der Waals surface area (Å²) in [7, 11) is 0. The first-order chi connectivity index (χ1) is 7.25. The molecule has 0 aliphatic heterocycles. The van der Waals surface area contributed by atoms with Gasteiger partial charge in [0.1, 0.15) is 0 Å². The molecule has 0 spiro atoms. The highest BCUT2D eigenvalue weighted by molar-refractivity contribution is 5.21. The third-order valence-electron chi connectivity index (χ3n) is 2.82. The number of aryl methyl sites for hydroxylation is 1. The van der Waals surface area contributed by atoms with Gasteiger partial charge < -0.3 is 5.73 Å². The van der Waals surface area contributed by atoms with Gasteiger partial charge >= 0.3 is 0 Å². The van der Waals surface area contributed by atoms with Crippen LogP contribution < -0.4 is 5.73 Å². The van der Waals surface area contributed by atoms with Crippen LogP contribution in [-0.4, -0.2) is 4.98 Å². The number of rotatable bonds is 6. The standard InChI is InChI=1S/C13H22N2/c1-3-4-5-6-9-13(14)12-8-7-10-15-11(12)2/h7-8,10,13H,3-6,9,14H2,1-2H3. The van der Waals surface area contributed by atoms with E-state index in [1.165, 1.54) is 31.2 Å². The minimum atomic E-state index is 0.163. The molecule has 0 radical (unpaired) electrons. The van der Waals surface area contributed by atoms with E-state index in [1.807, 2.05) is 19.2 Å². The van der Waals surface area contributed by atoms with Crippen LogP contribution in [0.3, 0.4) is 0 Å². The molecule has 1 heterocycles. The lowest BCUT2D eigenvalue weighted by molar-refractivity contribution is 0.563. The number of pyridine rings is 1. The Balaban J connectivity index is 2.40. The normalized spacial score (nSPS) is 12.7. The fourth-order valence-electron chi connectivity index (χ4n) is 1.84. The van der Waals surface area contributed by atoms with E-state index in [0.29, 0.717) is 0 Å². The maximum atomic E-state index is 6.14. The molecule has 2 nitrogen and oxygen atoms in total. The van der Waals surface area contributed by atoms with Crippen molar-refractivity contribution in [2.45, 2.75) is 52.0 Å². The largest absolute Gasteiger partial charge is 0.324 e. The second kappa shape index (κ2) is 6.57. The van der Waals surface area contributed by atoms with Gasteiger partial charge in [0.05, 0.1) is 0 Å². The summed E-state index contributed by atoms with van der Waals surface area (Å²) in [6, 6.07) is 4.22. The molecule has 15 heavy (non-hydrogen) atoms. The molecule has 0 saturated heterocycles. The first-order valence-corrected chi connectivity index (χ1v) is 5.92. The molecule has 1 rings (SSSR count). The van der Waals surface area contributed by atoms with E-state index in [2.05, 4.69) is 18.0 Å². The zero-order valence-electron chi connectivity index (χ0n) is 9.87. The van der Waals surface area contributed by atoms with Crippen molar-refractivity contribution in [3.05, 3.63) is 29.6 Å². The van der Waals surface area contributed by atoms with E-state index in [0.717, 1.165) is 12.1 Å². The van der Waals surface area contributed by atoms with Gasteiger partial charge in [0, 0.05) is 17.9 Å². The van der Waals surface area contributed by atoms with Crippen molar-refractivity contribution in [1.29, 1.82) is 0 Å². The van der Waals surface area contributed by atoms with Gasteiger partial charge in [-0.15, -0.1) is 0 Å². The Labute approximate surface area is 92.9 Å². The molecule has 0 fully saturated rings. The molecule has 1 atom stereocenters. The lowest BCUT2D eigenvalue weighted by Gasteiger charge is -2.13. The van der Waals surface area contributed by atoms with Gasteiger partial charge in [0.25, 0.3) is 0 Å². The van der Waals surface area contributed by atoms with Crippen molar-refractivity contribution in [1.82, 2.24) is 4.98 Å². The molecule has 0 amide bonds. The predicted octanol–water partition coefficient (Wildman–Crippen LogP) is 3.36. The maximum Gasteiger partial charge on any atom is 0.0420 e. The van der Waals surface area contributed by atoms with Crippen molar-refractivity contribution in [2.75, 3.05) is 0 Å². The van der Waals surface area contributed by atoms with Gasteiger partial charge in [0.2, 0.25) is 0 Å². The molecule has 84 valence electrons. The van der Waals surface area contributed by atoms with Crippen LogP contribution in [0.25, 0.3) is 0 Å². The molecule has 1 aromatic heterocycles. The maximum absolute atomic E-state index is 6.14. The summed E-state index contributed by atoms with van der Waals surface area (Å²) < 4.78 is 0. The number of aromatic nitrogens is 1. The topological polar surface area (TPSA) is 38.9 Å². The molecule has 2 heteroatoms. The van der Waals surface area contributed by atoms with Gasteiger partial charge in [-0.1, -0.05) is 38.7 Å². The highest BCUT2D eigenvalue weighted by Gasteiger charge is 2.08. The second-order valence-electron chi connectivity index (χ2n) is 4.13. The van der Waals surface area contributed by atoms with Crippen LogP contribution in [0.2, 0.25) is 0 Å². The quantitative estimate of drug-likeness (QED) is 0.725. The smallest absolute Gasteiger partial charge is 0.0420 e. The van der Waals surface area contributed by atoms with E-state index in [9.17, 15) is 0 Å². The summed E-state index contributed by atoms with van der Waals surface area (Å²) in [4.78, 5) is 4.26. The van der Waals surface area contributed by atoms with Crippen molar-refractivity contribution < 1.29 is 0 Å². The van der Waals surface area contributed by atoms with Gasteiger partial charge in [-0.2, -0.15) is 0 Å². The van der Waals surface area contributed by atoms with Gasteiger partial charge in [-0.3, -0.25) is 4.98 Å². The molecule has 0 aliphatic carbocycles. The zero-order valence-corrected chi connectivity index (χ0v) is 9.87. The summed E-state index contributed by atoms with van der Waals surface area (Å²) in [5.74, 6) is 0. The molecule has 0 bridgehead atoms. The predicted molar refractivity (Wildman–Crippen MR) is 64.7 cm³/mol. The zero-order chi connectivity index (χ0) is 11.1. The molecule has 0 saturated carbocycles. The Hall–Kier alpha value is -0.890. The minimum absolute atomic E-state index is 0.163. The number of nitrogens with zero attached hydrogens (tertiary/aromatic N) is 1. The second-order valence-corrected chi connectivity index (χ2v) is 4.13. The SMILES string of the molecule is CCCCCCC(N)c1cccnc1C. The monoisotopic (exact) mass is 206 g/mol. The number of hydrogen-bond acceptors (Lipinski definition) is 2. The Bertz CT molecular complexity index is 284. The van der Waals surface area contributed by atoms with Crippen LogP contribution in [-0.2, 0) is 0 Å². The number of nitrogens with two attached hydrogens (primary N) is 1. The van der Waals surface area contributed by atoms with Crippen molar-refractivity contribution in [3.63, 3.8) is 0 Å². The summed E-state index contributed by atoms with van der Waals surface area (Å²) >= 11 is 0. The molecule has 0 aromatic carbocycles. The Kier molecular flexibility index (Phi) is 5.33. The molecular weight excluding hydrogens is 184 g/mol. The third-order valence-corrected chi connectivity index (χ3v) is 2.82. The van der Waals surface area contributed by atoms with E-state index in [1.54, 1.807) is 0 Å². The van der Waals surface area contributed by atoms with E-state index < -0.39 is 0 Å². The van der Waals surface area contributed by atoms with E-state index in [-0.39, 0.29) is 6.04 Å². The van der Waals surface area contributed by atoms with Gasteiger partial charge in [-0.05, 0) is 25.0 Å². The van der Waals surface area contributed by atoms with Crippen molar-refractivity contribution in [2.24, 2.45) is 5.73 Å². The summed E-state index contributed by atoms with van der Waals surface area (Å²) in [5, 5.41) is 0. The number of hydrogen-bond donors (Lipinski definition) is 1. The molecule has 1 unspecified atom stereocenters. The average Bonchev–Trinajstić information content (AvgIpc) is 2.25. The fourth-order valence-corrected chi connectivity index (χ4v) is 1.84. The summed E-state index contributed by atoms with van der Waals surface area (Å²) in [6.07, 6.45) is 8.02. The Morgan fingerprint density at radius 1 is 1.33 bits per heavy atom. The summed E-state index contributed by atoms with van der Waals surface area (Å²) in [6.45, 7) is 4.26. The van der Waals surface area contributed by atoms with Crippen molar-refractivity contribution >= 4 is 0 Å². The highest BCUT2D eigenvalue weighted by atomic mass is 14.7. The third kappa shape index (κ3) is 4.00. The fraction of sp³-hybridized carbons (Fsp3) is 0.615. The van der Waals surface area contributed by atoms with Crippen molar-refractivity contribution in [3.8, 4) is 0 Å².